The van der Waals surface area contributed by atoms with E-state index in [4.69, 9.17) is 34.8 Å². The Kier molecular flexibility index (Phi) is 10.3. The second kappa shape index (κ2) is 13.6. The van der Waals surface area contributed by atoms with Crippen LogP contribution in [0, 0.1) is 0 Å². The molecule has 0 unspecified atom stereocenters. The number of nitrogens with one attached hydrogen (secondary N) is 2. The minimum absolute atomic E-state index is 0.0282. The second-order valence-electron chi connectivity index (χ2n) is 9.73. The zero-order valence-electron chi connectivity index (χ0n) is 20.8. The van der Waals surface area contributed by atoms with Gasteiger partial charge in [-0.3, -0.25) is 9.59 Å². The number of carbonyl (C=O) groups is 2. The molecule has 2 N–H and O–H groups in total. The van der Waals surface area contributed by atoms with Gasteiger partial charge in [0.05, 0.1) is 6.04 Å². The lowest BCUT2D eigenvalue weighted by atomic mass is 10.1. The highest BCUT2D eigenvalue weighted by atomic mass is 35.5. The van der Waals surface area contributed by atoms with Crippen molar-refractivity contribution >= 4 is 52.7 Å². The van der Waals surface area contributed by atoms with E-state index in [1.165, 1.54) is 12.5 Å². The average Bonchev–Trinajstić information content (AvgIpc) is 3.01. The highest BCUT2D eigenvalue weighted by Crippen LogP contribution is 2.22. The molecule has 0 aromatic heterocycles. The zero-order valence-corrected chi connectivity index (χ0v) is 23.0. The number of carbonyl (C=O) groups excluding carboxylic acids is 2. The Hall–Kier alpha value is -2.09. The lowest BCUT2D eigenvalue weighted by molar-refractivity contribution is -0.133. The molecule has 0 saturated carbocycles. The smallest absolute Gasteiger partial charge is 0.244 e. The van der Waals surface area contributed by atoms with Gasteiger partial charge in [-0.05, 0) is 79.9 Å². The average molecular weight is 564 g/mol. The SMILES string of the molecule is O=C(/C=C/c1ccc(Cl)cc1)NC[C@@H]1CCN(Cc2cc(Cl)cc(Cl)c2)C(=O)[C@H](CN2CCCCC2)N1. The van der Waals surface area contributed by atoms with Crippen molar-refractivity contribution < 1.29 is 9.59 Å². The van der Waals surface area contributed by atoms with E-state index in [-0.39, 0.29) is 23.9 Å². The minimum Gasteiger partial charge on any atom is -0.351 e. The van der Waals surface area contributed by atoms with Crippen LogP contribution in [0.4, 0.5) is 0 Å². The largest absolute Gasteiger partial charge is 0.351 e. The predicted octanol–water partition coefficient (Wildman–Crippen LogP) is 5.02. The van der Waals surface area contributed by atoms with Gasteiger partial charge in [0, 0.05) is 53.4 Å². The highest BCUT2D eigenvalue weighted by molar-refractivity contribution is 6.34. The number of hydrogen-bond donors (Lipinski definition) is 2. The summed E-state index contributed by atoms with van der Waals surface area (Å²) in [5, 5.41) is 8.30. The van der Waals surface area contributed by atoms with E-state index in [1.54, 1.807) is 24.3 Å². The van der Waals surface area contributed by atoms with Gasteiger partial charge in [0.15, 0.2) is 0 Å². The van der Waals surface area contributed by atoms with Crippen molar-refractivity contribution in [2.75, 3.05) is 32.7 Å². The third-order valence-electron chi connectivity index (χ3n) is 6.80. The molecule has 6 nitrogen and oxygen atoms in total. The maximum Gasteiger partial charge on any atom is 0.244 e. The number of nitrogens with zero attached hydrogens (tertiary/aromatic N) is 2. The predicted molar refractivity (Wildman–Crippen MR) is 151 cm³/mol. The molecular weight excluding hydrogens is 531 g/mol. The lowest BCUT2D eigenvalue weighted by Crippen LogP contribution is -2.54. The minimum atomic E-state index is -0.346. The fraction of sp³-hybridized carbons (Fsp3) is 0.429. The number of likely N-dealkylation sites (tertiary alicyclic amines) is 1. The van der Waals surface area contributed by atoms with Crippen LogP contribution >= 0.6 is 34.8 Å². The number of rotatable bonds is 8. The van der Waals surface area contributed by atoms with Gasteiger partial charge in [0.1, 0.15) is 0 Å². The van der Waals surface area contributed by atoms with Crippen LogP contribution in [0.15, 0.2) is 48.5 Å². The van der Waals surface area contributed by atoms with Gasteiger partial charge in [-0.1, -0.05) is 53.4 Å². The summed E-state index contributed by atoms with van der Waals surface area (Å²) < 4.78 is 0. The first-order valence-corrected chi connectivity index (χ1v) is 13.9. The van der Waals surface area contributed by atoms with Crippen LogP contribution in [0.1, 0.15) is 36.8 Å². The van der Waals surface area contributed by atoms with Crippen molar-refractivity contribution in [3.8, 4) is 0 Å². The quantitative estimate of drug-likeness (QED) is 0.443. The molecule has 0 radical (unpaired) electrons. The molecular formula is C28H33Cl3N4O2. The fourth-order valence-corrected chi connectivity index (χ4v) is 5.58. The molecule has 2 aromatic carbocycles. The summed E-state index contributed by atoms with van der Waals surface area (Å²) in [5.74, 6) is -0.108. The first-order chi connectivity index (χ1) is 17.9. The summed E-state index contributed by atoms with van der Waals surface area (Å²) >= 11 is 18.3. The van der Waals surface area contributed by atoms with E-state index >= 15 is 0 Å². The number of amides is 2. The number of halogens is 3. The summed E-state index contributed by atoms with van der Waals surface area (Å²) in [4.78, 5) is 30.4. The normalized spacial score (nSPS) is 21.3. The topological polar surface area (TPSA) is 64.7 Å². The van der Waals surface area contributed by atoms with Crippen LogP contribution < -0.4 is 10.6 Å². The molecule has 0 spiro atoms. The van der Waals surface area contributed by atoms with Gasteiger partial charge in [-0.25, -0.2) is 0 Å². The maximum atomic E-state index is 13.6. The Morgan fingerprint density at radius 3 is 2.38 bits per heavy atom. The third kappa shape index (κ3) is 8.72. The van der Waals surface area contributed by atoms with E-state index in [1.807, 2.05) is 29.2 Å². The highest BCUT2D eigenvalue weighted by Gasteiger charge is 2.32. The molecule has 2 heterocycles. The van der Waals surface area contributed by atoms with Gasteiger partial charge in [0.2, 0.25) is 11.8 Å². The van der Waals surface area contributed by atoms with Gasteiger partial charge in [-0.15, -0.1) is 0 Å². The molecule has 9 heteroatoms. The Morgan fingerprint density at radius 1 is 0.973 bits per heavy atom. The first kappa shape index (κ1) is 27.9. The van der Waals surface area contributed by atoms with E-state index in [0.29, 0.717) is 41.2 Å². The van der Waals surface area contributed by atoms with Crippen LogP contribution in [-0.4, -0.2) is 66.4 Å². The number of hydrogen-bond acceptors (Lipinski definition) is 4. The van der Waals surface area contributed by atoms with Crippen LogP contribution in [0.3, 0.4) is 0 Å². The van der Waals surface area contributed by atoms with E-state index in [0.717, 1.165) is 43.5 Å². The first-order valence-electron chi connectivity index (χ1n) is 12.8. The monoisotopic (exact) mass is 562 g/mol. The molecule has 2 aliphatic heterocycles. The summed E-state index contributed by atoms with van der Waals surface area (Å²) in [7, 11) is 0. The van der Waals surface area contributed by atoms with Gasteiger partial charge < -0.3 is 20.4 Å². The molecule has 4 rings (SSSR count). The Balaban J connectivity index is 1.40. The molecule has 2 fully saturated rings. The number of piperidine rings is 1. The van der Waals surface area contributed by atoms with Gasteiger partial charge in [-0.2, -0.15) is 0 Å². The van der Waals surface area contributed by atoms with Gasteiger partial charge in [0.25, 0.3) is 0 Å². The maximum absolute atomic E-state index is 13.6. The summed E-state index contributed by atoms with van der Waals surface area (Å²) in [6.45, 7) is 4.13. The van der Waals surface area contributed by atoms with Crippen molar-refractivity contribution in [2.45, 2.75) is 44.3 Å². The molecule has 0 bridgehead atoms. The van der Waals surface area contributed by atoms with Crippen molar-refractivity contribution in [2.24, 2.45) is 0 Å². The summed E-state index contributed by atoms with van der Waals surface area (Å²) in [5.41, 5.74) is 1.80. The van der Waals surface area contributed by atoms with E-state index < -0.39 is 0 Å². The van der Waals surface area contributed by atoms with Crippen molar-refractivity contribution in [3.05, 3.63) is 74.7 Å². The molecule has 2 saturated heterocycles. The second-order valence-corrected chi connectivity index (χ2v) is 11.0. The molecule has 2 atom stereocenters. The molecule has 2 aliphatic rings. The Morgan fingerprint density at radius 2 is 1.68 bits per heavy atom. The standard InChI is InChI=1S/C28H33Cl3N4O2/c29-22-7-4-20(5-8-22)6-9-27(36)32-17-25-10-13-35(18-21-14-23(30)16-24(31)15-21)28(37)26(33-25)19-34-11-2-1-3-12-34/h4-9,14-16,25-26,33H,1-3,10-13,17-19H2,(H,32,36)/b9-6+/t25-,26-/m0/s1. The summed E-state index contributed by atoms with van der Waals surface area (Å²) in [6, 6.07) is 12.3. The van der Waals surface area contributed by atoms with Crippen molar-refractivity contribution in [1.82, 2.24) is 20.4 Å². The molecule has 0 aliphatic carbocycles. The molecule has 198 valence electrons. The van der Waals surface area contributed by atoms with Crippen molar-refractivity contribution in [3.63, 3.8) is 0 Å². The third-order valence-corrected chi connectivity index (χ3v) is 7.49. The Bertz CT molecular complexity index is 1080. The molecule has 2 aromatic rings. The zero-order chi connectivity index (χ0) is 26.2. The fourth-order valence-electron chi connectivity index (χ4n) is 4.88. The molecule has 37 heavy (non-hydrogen) atoms. The van der Waals surface area contributed by atoms with Crippen LogP contribution in [-0.2, 0) is 16.1 Å². The van der Waals surface area contributed by atoms with E-state index in [9.17, 15) is 9.59 Å². The number of benzene rings is 2. The molecule has 2 amide bonds. The Labute approximate surface area is 233 Å². The van der Waals surface area contributed by atoms with Crippen LogP contribution in [0.25, 0.3) is 6.08 Å². The van der Waals surface area contributed by atoms with Crippen LogP contribution in [0.2, 0.25) is 15.1 Å². The summed E-state index contributed by atoms with van der Waals surface area (Å²) in [6.07, 6.45) is 7.55. The van der Waals surface area contributed by atoms with Crippen LogP contribution in [0.5, 0.6) is 0 Å². The lowest BCUT2D eigenvalue weighted by Gasteiger charge is -2.32. The van der Waals surface area contributed by atoms with Gasteiger partial charge >= 0.3 is 0 Å². The van der Waals surface area contributed by atoms with Crippen molar-refractivity contribution in [1.29, 1.82) is 0 Å². The van der Waals surface area contributed by atoms with E-state index in [2.05, 4.69) is 15.5 Å².